The van der Waals surface area contributed by atoms with Gasteiger partial charge >= 0.3 is 0 Å². The third kappa shape index (κ3) is 3.42. The minimum atomic E-state index is 0.110. The van der Waals surface area contributed by atoms with Crippen molar-refractivity contribution >= 4 is 0 Å². The summed E-state index contributed by atoms with van der Waals surface area (Å²) >= 11 is 0. The zero-order chi connectivity index (χ0) is 14.7. The molecule has 1 aliphatic carbocycles. The molecule has 0 aliphatic heterocycles. The lowest BCUT2D eigenvalue weighted by atomic mass is 9.99. The molecule has 1 atom stereocenters. The maximum atomic E-state index is 5.91. The average Bonchev–Trinajstić information content (AvgIpc) is 3.30. The number of ether oxygens (including phenoxy) is 1. The van der Waals surface area contributed by atoms with E-state index in [4.69, 9.17) is 4.74 Å². The Hall–Kier alpha value is -1.87. The third-order valence-corrected chi connectivity index (χ3v) is 3.75. The molecule has 3 nitrogen and oxygen atoms in total. The Morgan fingerprint density at radius 1 is 1.29 bits per heavy atom. The van der Waals surface area contributed by atoms with Crippen molar-refractivity contribution in [3.05, 3.63) is 59.4 Å². The first kappa shape index (κ1) is 14.1. The largest absolute Gasteiger partial charge is 0.490 e. The highest BCUT2D eigenvalue weighted by Gasteiger charge is 2.24. The maximum Gasteiger partial charge on any atom is 0.120 e. The molecule has 1 aromatic carbocycles. The Morgan fingerprint density at radius 3 is 2.86 bits per heavy atom. The van der Waals surface area contributed by atoms with E-state index in [1.807, 2.05) is 18.3 Å². The van der Waals surface area contributed by atoms with Crippen LogP contribution in [0.4, 0.5) is 0 Å². The molecule has 3 heteroatoms. The number of pyridine rings is 1. The molecule has 1 heterocycles. The summed E-state index contributed by atoms with van der Waals surface area (Å²) in [6.07, 6.45) is 4.65. The second-order valence-electron chi connectivity index (χ2n) is 5.59. The Balaban J connectivity index is 1.91. The number of rotatable bonds is 6. The van der Waals surface area contributed by atoms with E-state index >= 15 is 0 Å². The lowest BCUT2D eigenvalue weighted by Crippen LogP contribution is -2.23. The molecule has 21 heavy (non-hydrogen) atoms. The van der Waals surface area contributed by atoms with E-state index in [1.165, 1.54) is 24.0 Å². The third-order valence-electron chi connectivity index (χ3n) is 3.75. The van der Waals surface area contributed by atoms with Gasteiger partial charge in [-0.2, -0.15) is 0 Å². The molecule has 0 bridgehead atoms. The molecular formula is C18H22N2O. The van der Waals surface area contributed by atoms with E-state index in [1.54, 1.807) is 0 Å². The van der Waals surface area contributed by atoms with Crippen molar-refractivity contribution in [3.63, 3.8) is 0 Å². The molecule has 1 unspecified atom stereocenters. The normalized spacial score (nSPS) is 15.7. The van der Waals surface area contributed by atoms with Crippen LogP contribution in [0.15, 0.2) is 42.6 Å². The van der Waals surface area contributed by atoms with Gasteiger partial charge in [0.15, 0.2) is 0 Å². The fraction of sp³-hybridized carbons (Fsp3) is 0.389. The highest BCUT2D eigenvalue weighted by molar-refractivity contribution is 5.37. The summed E-state index contributed by atoms with van der Waals surface area (Å²) in [7, 11) is 0. The highest BCUT2D eigenvalue weighted by atomic mass is 16.5. The van der Waals surface area contributed by atoms with Crippen molar-refractivity contribution in [2.45, 2.75) is 38.8 Å². The van der Waals surface area contributed by atoms with Gasteiger partial charge in [-0.25, -0.2) is 0 Å². The predicted octanol–water partition coefficient (Wildman–Crippen LogP) is 3.63. The average molecular weight is 282 g/mol. The second-order valence-corrected chi connectivity index (χ2v) is 5.59. The van der Waals surface area contributed by atoms with Gasteiger partial charge in [-0.1, -0.05) is 25.1 Å². The lowest BCUT2D eigenvalue weighted by molar-refractivity contribution is 0.302. The van der Waals surface area contributed by atoms with Crippen LogP contribution in [0.1, 0.15) is 42.6 Å². The van der Waals surface area contributed by atoms with Crippen LogP contribution in [-0.4, -0.2) is 17.6 Å². The topological polar surface area (TPSA) is 34.1 Å². The molecule has 110 valence electrons. The van der Waals surface area contributed by atoms with Crippen molar-refractivity contribution < 1.29 is 4.74 Å². The molecule has 1 saturated carbocycles. The standard InChI is InChI=1S/C18H22N2O/c1-3-19-18(17-13(2)6-5-11-20-17)14-7-4-8-16(12-14)21-15-9-10-15/h4-8,11-12,15,18-19H,3,9-10H2,1-2H3. The number of hydrogen-bond donors (Lipinski definition) is 1. The Labute approximate surface area is 126 Å². The molecule has 1 aliphatic rings. The highest BCUT2D eigenvalue weighted by Crippen LogP contribution is 2.30. The van der Waals surface area contributed by atoms with E-state index in [9.17, 15) is 0 Å². The molecule has 0 spiro atoms. The van der Waals surface area contributed by atoms with Gasteiger partial charge < -0.3 is 10.1 Å². The van der Waals surface area contributed by atoms with Gasteiger partial charge in [-0.15, -0.1) is 0 Å². The zero-order valence-electron chi connectivity index (χ0n) is 12.7. The van der Waals surface area contributed by atoms with Crippen molar-refractivity contribution in [1.29, 1.82) is 0 Å². The number of nitrogens with zero attached hydrogens (tertiary/aromatic N) is 1. The molecule has 0 saturated heterocycles. The quantitative estimate of drug-likeness (QED) is 0.878. The van der Waals surface area contributed by atoms with Crippen LogP contribution >= 0.6 is 0 Å². The number of nitrogens with one attached hydrogen (secondary N) is 1. The van der Waals surface area contributed by atoms with Gasteiger partial charge in [0, 0.05) is 6.20 Å². The van der Waals surface area contributed by atoms with Gasteiger partial charge in [0.25, 0.3) is 0 Å². The van der Waals surface area contributed by atoms with Crippen molar-refractivity contribution in [1.82, 2.24) is 10.3 Å². The molecule has 1 aromatic heterocycles. The summed E-state index contributed by atoms with van der Waals surface area (Å²) < 4.78 is 5.91. The van der Waals surface area contributed by atoms with Gasteiger partial charge in [0.2, 0.25) is 0 Å². The minimum Gasteiger partial charge on any atom is -0.490 e. The molecular weight excluding hydrogens is 260 g/mol. The monoisotopic (exact) mass is 282 g/mol. The van der Waals surface area contributed by atoms with Gasteiger partial charge in [0.1, 0.15) is 5.75 Å². The molecule has 3 rings (SSSR count). The second kappa shape index (κ2) is 6.27. The van der Waals surface area contributed by atoms with Crippen molar-refractivity contribution in [2.75, 3.05) is 6.54 Å². The summed E-state index contributed by atoms with van der Waals surface area (Å²) in [5.74, 6) is 0.964. The van der Waals surface area contributed by atoms with E-state index in [0.717, 1.165) is 18.0 Å². The van der Waals surface area contributed by atoms with Crippen molar-refractivity contribution in [3.8, 4) is 5.75 Å². The number of hydrogen-bond acceptors (Lipinski definition) is 3. The fourth-order valence-electron chi connectivity index (χ4n) is 2.52. The summed E-state index contributed by atoms with van der Waals surface area (Å²) in [4.78, 5) is 4.57. The minimum absolute atomic E-state index is 0.110. The molecule has 0 radical (unpaired) electrons. The van der Waals surface area contributed by atoms with Crippen LogP contribution in [0.3, 0.4) is 0 Å². The number of aromatic nitrogens is 1. The molecule has 0 amide bonds. The molecule has 1 N–H and O–H groups in total. The van der Waals surface area contributed by atoms with Crippen LogP contribution in [-0.2, 0) is 0 Å². The SMILES string of the molecule is CCNC(c1cccc(OC2CC2)c1)c1ncccc1C. The Kier molecular flexibility index (Phi) is 4.20. The summed E-state index contributed by atoms with van der Waals surface area (Å²) in [5.41, 5.74) is 3.50. The van der Waals surface area contributed by atoms with Crippen LogP contribution in [0.25, 0.3) is 0 Å². The first-order valence-electron chi connectivity index (χ1n) is 7.69. The van der Waals surface area contributed by atoms with E-state index in [-0.39, 0.29) is 6.04 Å². The Bertz CT molecular complexity index is 608. The Morgan fingerprint density at radius 2 is 2.14 bits per heavy atom. The maximum absolute atomic E-state index is 5.91. The van der Waals surface area contributed by atoms with E-state index < -0.39 is 0 Å². The van der Waals surface area contributed by atoms with E-state index in [0.29, 0.717) is 6.10 Å². The summed E-state index contributed by atoms with van der Waals surface area (Å²) in [6.45, 7) is 5.13. The van der Waals surface area contributed by atoms with Gasteiger partial charge in [0.05, 0.1) is 17.8 Å². The summed E-state index contributed by atoms with van der Waals surface area (Å²) in [5, 5.41) is 3.53. The van der Waals surface area contributed by atoms with Crippen molar-refractivity contribution in [2.24, 2.45) is 0 Å². The molecule has 1 fully saturated rings. The van der Waals surface area contributed by atoms with Crippen LogP contribution in [0.5, 0.6) is 5.75 Å². The first-order valence-corrected chi connectivity index (χ1v) is 7.69. The van der Waals surface area contributed by atoms with Crippen LogP contribution in [0.2, 0.25) is 0 Å². The van der Waals surface area contributed by atoms with E-state index in [2.05, 4.69) is 48.4 Å². The number of benzene rings is 1. The first-order chi connectivity index (χ1) is 10.3. The predicted molar refractivity (Wildman–Crippen MR) is 84.6 cm³/mol. The fourth-order valence-corrected chi connectivity index (χ4v) is 2.52. The van der Waals surface area contributed by atoms with Gasteiger partial charge in [-0.3, -0.25) is 4.98 Å². The van der Waals surface area contributed by atoms with Crippen LogP contribution < -0.4 is 10.1 Å². The van der Waals surface area contributed by atoms with Crippen LogP contribution in [0, 0.1) is 6.92 Å². The van der Waals surface area contributed by atoms with Gasteiger partial charge in [-0.05, 0) is 55.6 Å². The zero-order valence-corrected chi connectivity index (χ0v) is 12.7. The lowest BCUT2D eigenvalue weighted by Gasteiger charge is -2.20. The molecule has 2 aromatic rings. The smallest absolute Gasteiger partial charge is 0.120 e. The number of aryl methyl sites for hydroxylation is 1. The summed E-state index contributed by atoms with van der Waals surface area (Å²) in [6, 6.07) is 12.6.